The van der Waals surface area contributed by atoms with Gasteiger partial charge < -0.3 is 17.0 Å². The van der Waals surface area contributed by atoms with Crippen LogP contribution in [0, 0.1) is 0 Å². The summed E-state index contributed by atoms with van der Waals surface area (Å²) in [5.41, 5.74) is 4.03. The Labute approximate surface area is 53.5 Å². The van der Waals surface area contributed by atoms with Gasteiger partial charge in [0.25, 0.3) is 0 Å². The summed E-state index contributed by atoms with van der Waals surface area (Å²) in [6.07, 6.45) is -1.33. The van der Waals surface area contributed by atoms with E-state index in [1.165, 1.54) is 0 Å². The van der Waals surface area contributed by atoms with Gasteiger partial charge in [-0.1, -0.05) is 0 Å². The standard InChI is InChI=1S/CH3NO2.2ClH.H3N/c2-1(3)4;;;/h2H2,(H,3,4);2*1H;1H3. The van der Waals surface area contributed by atoms with Gasteiger partial charge in [-0.3, -0.25) is 0 Å². The second-order valence-electron chi connectivity index (χ2n) is 0.338. The lowest BCUT2D eigenvalue weighted by Crippen LogP contribution is -2.03. The van der Waals surface area contributed by atoms with Crippen molar-refractivity contribution in [3.63, 3.8) is 0 Å². The molecule has 1 amide bonds. The first-order valence-electron chi connectivity index (χ1n) is 0.716. The Morgan fingerprint density at radius 3 is 1.43 bits per heavy atom. The first kappa shape index (κ1) is 29.1. The number of rotatable bonds is 0. The minimum Gasteiger partial charge on any atom is -0.465 e. The van der Waals surface area contributed by atoms with Crippen molar-refractivity contribution in [3.05, 3.63) is 0 Å². The maximum absolute atomic E-state index is 8.78. The lowest BCUT2D eigenvalue weighted by Gasteiger charge is -1.61. The smallest absolute Gasteiger partial charge is 0.402 e. The van der Waals surface area contributed by atoms with Crippen molar-refractivity contribution < 1.29 is 9.90 Å². The Morgan fingerprint density at radius 1 is 1.43 bits per heavy atom. The zero-order chi connectivity index (χ0) is 3.58. The molecule has 0 aromatic rings. The molecule has 0 bridgehead atoms. The van der Waals surface area contributed by atoms with E-state index in [2.05, 4.69) is 5.73 Å². The van der Waals surface area contributed by atoms with Gasteiger partial charge in [0.15, 0.2) is 0 Å². The van der Waals surface area contributed by atoms with Crippen molar-refractivity contribution in [2.45, 2.75) is 0 Å². The molecule has 0 aliphatic heterocycles. The molecule has 0 rings (SSSR count). The van der Waals surface area contributed by atoms with Gasteiger partial charge in [-0.15, -0.1) is 24.8 Å². The summed E-state index contributed by atoms with van der Waals surface area (Å²) >= 11 is 0. The monoisotopic (exact) mass is 150 g/mol. The van der Waals surface area contributed by atoms with E-state index in [0.29, 0.717) is 0 Å². The van der Waals surface area contributed by atoms with Gasteiger partial charge in [0, 0.05) is 0 Å². The summed E-state index contributed by atoms with van der Waals surface area (Å²) in [6.45, 7) is 0. The van der Waals surface area contributed by atoms with E-state index in [-0.39, 0.29) is 31.0 Å². The van der Waals surface area contributed by atoms with Crippen LogP contribution in [0.2, 0.25) is 0 Å². The van der Waals surface area contributed by atoms with Crippen LogP contribution in [0.15, 0.2) is 0 Å². The van der Waals surface area contributed by atoms with Crippen LogP contribution in [-0.2, 0) is 0 Å². The highest BCUT2D eigenvalue weighted by Gasteiger charge is 1.65. The maximum atomic E-state index is 8.78. The zero-order valence-corrected chi connectivity index (χ0v) is 5.09. The average molecular weight is 151 g/mol. The number of hydrogen-bond acceptors (Lipinski definition) is 2. The maximum Gasteiger partial charge on any atom is 0.402 e. The van der Waals surface area contributed by atoms with E-state index in [4.69, 9.17) is 9.90 Å². The predicted octanol–water partition coefficient (Wildman–Crippen LogP) is 0.629. The van der Waals surface area contributed by atoms with Crippen LogP contribution in [0.25, 0.3) is 0 Å². The SMILES string of the molecule is Cl.Cl.N.NC(=O)O. The number of hydrogen-bond donors (Lipinski definition) is 3. The van der Waals surface area contributed by atoms with Gasteiger partial charge in [0.05, 0.1) is 0 Å². The fourth-order valence-corrected chi connectivity index (χ4v) is 0. The van der Waals surface area contributed by atoms with Crippen LogP contribution in [0.4, 0.5) is 4.79 Å². The fourth-order valence-electron chi connectivity index (χ4n) is 0. The molecule has 0 saturated carbocycles. The number of amides is 1. The van der Waals surface area contributed by atoms with Crippen LogP contribution in [0.5, 0.6) is 0 Å². The summed E-state index contributed by atoms with van der Waals surface area (Å²) in [5, 5.41) is 7.19. The van der Waals surface area contributed by atoms with Crippen molar-refractivity contribution in [2.24, 2.45) is 5.73 Å². The van der Waals surface area contributed by atoms with Crippen LogP contribution in [-0.4, -0.2) is 11.2 Å². The van der Waals surface area contributed by atoms with E-state index >= 15 is 0 Å². The topological polar surface area (TPSA) is 98.3 Å². The van der Waals surface area contributed by atoms with Gasteiger partial charge in [-0.05, 0) is 0 Å². The van der Waals surface area contributed by atoms with Crippen LogP contribution >= 0.6 is 24.8 Å². The molecule has 0 atom stereocenters. The van der Waals surface area contributed by atoms with Crippen LogP contribution < -0.4 is 11.9 Å². The number of halogens is 2. The molecule has 0 unspecified atom stereocenters. The van der Waals surface area contributed by atoms with Crippen molar-refractivity contribution in [1.29, 1.82) is 0 Å². The van der Waals surface area contributed by atoms with Crippen molar-refractivity contribution in [2.75, 3.05) is 0 Å². The third-order valence-corrected chi connectivity index (χ3v) is 0. The Hall–Kier alpha value is -0.190. The molecule has 0 saturated heterocycles. The van der Waals surface area contributed by atoms with E-state index < -0.39 is 6.09 Å². The Kier molecular flexibility index (Phi) is 70.8. The van der Waals surface area contributed by atoms with Crippen molar-refractivity contribution >= 4 is 30.9 Å². The van der Waals surface area contributed by atoms with E-state index in [0.717, 1.165) is 0 Å². The highest BCUT2D eigenvalue weighted by molar-refractivity contribution is 5.85. The molecular formula is CH8Cl2N2O2. The molecule has 0 spiro atoms. The molecule has 6 heteroatoms. The molecule has 7 heavy (non-hydrogen) atoms. The van der Waals surface area contributed by atoms with Crippen molar-refractivity contribution in [3.8, 4) is 0 Å². The van der Waals surface area contributed by atoms with Gasteiger partial charge >= 0.3 is 6.09 Å². The Balaban J connectivity index is -0.0000000150. The largest absolute Gasteiger partial charge is 0.465 e. The lowest BCUT2D eigenvalue weighted by atomic mass is 11.3. The lowest BCUT2D eigenvalue weighted by molar-refractivity contribution is 0.205. The predicted molar refractivity (Wildman–Crippen MR) is 31.7 cm³/mol. The zero-order valence-electron chi connectivity index (χ0n) is 3.46. The first-order chi connectivity index (χ1) is 1.73. The van der Waals surface area contributed by atoms with Gasteiger partial charge in [0.2, 0.25) is 0 Å². The molecule has 0 aliphatic carbocycles. The number of carboxylic acid groups (broad SMARTS) is 1. The summed E-state index contributed by atoms with van der Waals surface area (Å²) in [4.78, 5) is 8.78. The molecule has 0 fully saturated rings. The Morgan fingerprint density at radius 2 is 1.43 bits per heavy atom. The van der Waals surface area contributed by atoms with Gasteiger partial charge in [-0.2, -0.15) is 0 Å². The van der Waals surface area contributed by atoms with Gasteiger partial charge in [0.1, 0.15) is 0 Å². The second-order valence-corrected chi connectivity index (χ2v) is 0.338. The molecule has 0 radical (unpaired) electrons. The number of primary amides is 1. The third kappa shape index (κ3) is 2340. The third-order valence-electron chi connectivity index (χ3n) is 0. The van der Waals surface area contributed by atoms with Crippen LogP contribution in [0.3, 0.4) is 0 Å². The average Bonchev–Trinajstić information content (AvgIpc) is 0.811. The van der Waals surface area contributed by atoms with E-state index in [9.17, 15) is 0 Å². The fraction of sp³-hybridized carbons (Fsp3) is 0. The summed E-state index contributed by atoms with van der Waals surface area (Å²) < 4.78 is 0. The summed E-state index contributed by atoms with van der Waals surface area (Å²) in [6, 6.07) is 0. The van der Waals surface area contributed by atoms with E-state index in [1.807, 2.05) is 0 Å². The first-order valence-corrected chi connectivity index (χ1v) is 0.716. The molecule has 0 aromatic carbocycles. The molecule has 0 heterocycles. The van der Waals surface area contributed by atoms with Crippen LogP contribution in [0.1, 0.15) is 0 Å². The quantitative estimate of drug-likeness (QED) is 0.473. The molecular weight excluding hydrogens is 143 g/mol. The number of carbonyl (C=O) groups is 1. The molecule has 48 valence electrons. The highest BCUT2D eigenvalue weighted by Crippen LogP contribution is 1.34. The molecule has 0 aromatic heterocycles. The molecule has 6 N–H and O–H groups in total. The minimum atomic E-state index is -1.33. The Bertz CT molecular complexity index is 36.7. The summed E-state index contributed by atoms with van der Waals surface area (Å²) in [7, 11) is 0. The highest BCUT2D eigenvalue weighted by atomic mass is 35.5. The van der Waals surface area contributed by atoms with Gasteiger partial charge in [-0.25, -0.2) is 4.79 Å². The molecule has 4 nitrogen and oxygen atoms in total. The number of nitrogens with two attached hydrogens (primary N) is 1. The minimum absolute atomic E-state index is 0. The molecule has 0 aliphatic rings. The van der Waals surface area contributed by atoms with Crippen molar-refractivity contribution in [1.82, 2.24) is 6.15 Å². The second kappa shape index (κ2) is 17.0. The summed E-state index contributed by atoms with van der Waals surface area (Å²) in [5.74, 6) is 0. The van der Waals surface area contributed by atoms with E-state index in [1.54, 1.807) is 0 Å². The normalized spacial score (nSPS) is 3.43.